The zero-order valence-electron chi connectivity index (χ0n) is 14.9. The van der Waals surface area contributed by atoms with Crippen LogP contribution in [-0.2, 0) is 11.3 Å². The van der Waals surface area contributed by atoms with Crippen LogP contribution < -0.4 is 11.1 Å². The number of rotatable bonds is 6. The average Bonchev–Trinajstić information content (AvgIpc) is 2.50. The Morgan fingerprint density at radius 1 is 1.52 bits per heavy atom. The first-order valence-corrected chi connectivity index (χ1v) is 8.95. The third kappa shape index (κ3) is 6.41. The summed E-state index contributed by atoms with van der Waals surface area (Å²) in [7, 11) is 0. The van der Waals surface area contributed by atoms with Gasteiger partial charge in [0.25, 0.3) is 0 Å². The van der Waals surface area contributed by atoms with E-state index in [4.69, 9.17) is 17.3 Å². The summed E-state index contributed by atoms with van der Waals surface area (Å²) in [4.78, 5) is 14.6. The van der Waals surface area contributed by atoms with Crippen molar-refractivity contribution in [2.45, 2.75) is 57.7 Å². The molecule has 0 aromatic heterocycles. The van der Waals surface area contributed by atoms with E-state index < -0.39 is 5.54 Å². The van der Waals surface area contributed by atoms with Crippen LogP contribution in [0.1, 0.15) is 45.1 Å². The van der Waals surface area contributed by atoms with Crippen molar-refractivity contribution >= 4 is 29.9 Å². The molecule has 2 atom stereocenters. The van der Waals surface area contributed by atoms with Gasteiger partial charge in [-0.2, -0.15) is 0 Å². The second kappa shape index (κ2) is 9.72. The van der Waals surface area contributed by atoms with Crippen molar-refractivity contribution in [1.82, 2.24) is 10.2 Å². The van der Waals surface area contributed by atoms with Gasteiger partial charge in [0.05, 0.1) is 5.54 Å². The number of hydrogen-bond acceptors (Lipinski definition) is 3. The van der Waals surface area contributed by atoms with E-state index in [9.17, 15) is 9.18 Å². The molecule has 1 saturated heterocycles. The fourth-order valence-corrected chi connectivity index (χ4v) is 3.42. The molecule has 1 aromatic carbocycles. The Morgan fingerprint density at radius 2 is 2.24 bits per heavy atom. The van der Waals surface area contributed by atoms with Crippen LogP contribution in [0.25, 0.3) is 0 Å². The molecule has 1 fully saturated rings. The van der Waals surface area contributed by atoms with Crippen molar-refractivity contribution in [3.63, 3.8) is 0 Å². The first-order valence-electron chi connectivity index (χ1n) is 8.58. The number of piperidine rings is 1. The van der Waals surface area contributed by atoms with E-state index in [0.717, 1.165) is 37.9 Å². The zero-order chi connectivity index (χ0) is 17.7. The molecular formula is C18H28Cl2FN3O. The number of amides is 1. The maximum atomic E-state index is 13.1. The molecule has 1 aromatic rings. The minimum Gasteiger partial charge on any atom is -0.350 e. The molecule has 1 amide bonds. The predicted octanol–water partition coefficient (Wildman–Crippen LogP) is 3.50. The smallest absolute Gasteiger partial charge is 0.240 e. The van der Waals surface area contributed by atoms with Gasteiger partial charge >= 0.3 is 0 Å². The lowest BCUT2D eigenvalue weighted by atomic mass is 9.95. The number of nitrogens with zero attached hydrogens (tertiary/aromatic N) is 1. The van der Waals surface area contributed by atoms with Crippen LogP contribution in [0.4, 0.5) is 4.39 Å². The number of benzene rings is 1. The van der Waals surface area contributed by atoms with Gasteiger partial charge in [0, 0.05) is 24.2 Å². The lowest BCUT2D eigenvalue weighted by Crippen LogP contribution is -2.57. The van der Waals surface area contributed by atoms with Crippen LogP contribution in [0.3, 0.4) is 0 Å². The molecule has 0 radical (unpaired) electrons. The van der Waals surface area contributed by atoms with Gasteiger partial charge in [-0.15, -0.1) is 12.4 Å². The lowest BCUT2D eigenvalue weighted by Gasteiger charge is -2.35. The first kappa shape index (κ1) is 22.2. The van der Waals surface area contributed by atoms with Gasteiger partial charge in [-0.25, -0.2) is 4.39 Å². The molecule has 0 bridgehead atoms. The van der Waals surface area contributed by atoms with E-state index in [2.05, 4.69) is 10.2 Å². The minimum atomic E-state index is -0.822. The number of hydrogen-bond donors (Lipinski definition) is 2. The Balaban J connectivity index is 0.00000312. The van der Waals surface area contributed by atoms with Crippen LogP contribution in [0.15, 0.2) is 18.2 Å². The van der Waals surface area contributed by atoms with Crippen LogP contribution in [0, 0.1) is 5.82 Å². The van der Waals surface area contributed by atoms with Crippen LogP contribution in [0.5, 0.6) is 0 Å². The highest BCUT2D eigenvalue weighted by atomic mass is 35.5. The molecule has 1 aliphatic heterocycles. The average molecular weight is 392 g/mol. The lowest BCUT2D eigenvalue weighted by molar-refractivity contribution is -0.127. The minimum absolute atomic E-state index is 0. The van der Waals surface area contributed by atoms with Crippen LogP contribution in [-0.4, -0.2) is 35.5 Å². The molecule has 2 rings (SSSR count). The highest BCUT2D eigenvalue weighted by Crippen LogP contribution is 2.21. The Labute approximate surface area is 160 Å². The van der Waals surface area contributed by atoms with E-state index in [1.165, 1.54) is 12.1 Å². The predicted molar refractivity (Wildman–Crippen MR) is 103 cm³/mol. The second-order valence-corrected chi connectivity index (χ2v) is 7.36. The van der Waals surface area contributed by atoms with Crippen molar-refractivity contribution in [3.8, 4) is 0 Å². The van der Waals surface area contributed by atoms with Crippen molar-refractivity contribution in [1.29, 1.82) is 0 Å². The molecule has 7 heteroatoms. The summed E-state index contributed by atoms with van der Waals surface area (Å²) in [5.74, 6) is -0.415. The van der Waals surface area contributed by atoms with Gasteiger partial charge in [0.1, 0.15) is 5.82 Å². The fourth-order valence-electron chi connectivity index (χ4n) is 3.19. The van der Waals surface area contributed by atoms with Crippen LogP contribution in [0.2, 0.25) is 5.02 Å². The molecule has 0 spiro atoms. The van der Waals surface area contributed by atoms with Crippen molar-refractivity contribution < 1.29 is 9.18 Å². The van der Waals surface area contributed by atoms with Gasteiger partial charge in [0.2, 0.25) is 5.91 Å². The summed E-state index contributed by atoms with van der Waals surface area (Å²) in [5, 5.41) is 3.53. The SMILES string of the molecule is CCCC(C)(N)C(=O)NC1CCCN(Cc2ccc(F)cc2Cl)C1.Cl. The molecule has 2 unspecified atom stereocenters. The van der Waals surface area contributed by atoms with Gasteiger partial charge in [-0.05, 0) is 50.4 Å². The van der Waals surface area contributed by atoms with E-state index >= 15 is 0 Å². The van der Waals surface area contributed by atoms with Crippen LogP contribution >= 0.6 is 24.0 Å². The number of halogens is 3. The molecular weight excluding hydrogens is 364 g/mol. The van der Waals surface area contributed by atoms with Gasteiger partial charge in [-0.3, -0.25) is 9.69 Å². The topological polar surface area (TPSA) is 58.4 Å². The van der Waals surface area contributed by atoms with Gasteiger partial charge in [0.15, 0.2) is 0 Å². The zero-order valence-corrected chi connectivity index (χ0v) is 16.4. The Hall–Kier alpha value is -0.880. The van der Waals surface area contributed by atoms with Gasteiger partial charge < -0.3 is 11.1 Å². The Morgan fingerprint density at radius 3 is 2.88 bits per heavy atom. The van der Waals surface area contributed by atoms with E-state index in [1.807, 2.05) is 6.92 Å². The van der Waals surface area contributed by atoms with E-state index in [0.29, 0.717) is 18.0 Å². The van der Waals surface area contributed by atoms with Crippen molar-refractivity contribution in [2.75, 3.05) is 13.1 Å². The maximum absolute atomic E-state index is 13.1. The number of likely N-dealkylation sites (tertiary alicyclic amines) is 1. The normalized spacial score (nSPS) is 20.4. The number of nitrogens with two attached hydrogens (primary N) is 1. The van der Waals surface area contributed by atoms with Crippen molar-refractivity contribution in [2.24, 2.45) is 5.73 Å². The third-order valence-electron chi connectivity index (χ3n) is 4.54. The third-order valence-corrected chi connectivity index (χ3v) is 4.89. The standard InChI is InChI=1S/C18H27ClFN3O.ClH/c1-3-8-18(2,21)17(24)22-15-5-4-9-23(12-15)11-13-6-7-14(20)10-16(13)19;/h6-7,10,15H,3-5,8-9,11-12,21H2,1-2H3,(H,22,24);1H. The number of nitrogens with one attached hydrogen (secondary N) is 1. The number of carbonyl (C=O) groups excluding carboxylic acids is 1. The second-order valence-electron chi connectivity index (χ2n) is 6.95. The largest absolute Gasteiger partial charge is 0.350 e. The number of carbonyl (C=O) groups is 1. The summed E-state index contributed by atoms with van der Waals surface area (Å²) in [6.45, 7) is 6.15. The summed E-state index contributed by atoms with van der Waals surface area (Å²) in [6, 6.07) is 4.57. The molecule has 0 aliphatic carbocycles. The van der Waals surface area contributed by atoms with Gasteiger partial charge in [-0.1, -0.05) is 31.0 Å². The van der Waals surface area contributed by atoms with E-state index in [1.54, 1.807) is 13.0 Å². The molecule has 4 nitrogen and oxygen atoms in total. The summed E-state index contributed by atoms with van der Waals surface area (Å²) in [6.07, 6.45) is 3.49. The highest BCUT2D eigenvalue weighted by molar-refractivity contribution is 6.31. The maximum Gasteiger partial charge on any atom is 0.240 e. The molecule has 142 valence electrons. The molecule has 25 heavy (non-hydrogen) atoms. The molecule has 1 aliphatic rings. The highest BCUT2D eigenvalue weighted by Gasteiger charge is 2.30. The quantitative estimate of drug-likeness (QED) is 0.779. The first-order chi connectivity index (χ1) is 11.3. The Bertz CT molecular complexity index is 583. The monoisotopic (exact) mass is 391 g/mol. The van der Waals surface area contributed by atoms with Crippen molar-refractivity contribution in [3.05, 3.63) is 34.6 Å². The fraction of sp³-hybridized carbons (Fsp3) is 0.611. The molecule has 1 heterocycles. The molecule has 3 N–H and O–H groups in total. The summed E-state index contributed by atoms with van der Waals surface area (Å²) in [5.41, 5.74) is 6.18. The molecule has 0 saturated carbocycles. The Kier molecular flexibility index (Phi) is 8.61. The summed E-state index contributed by atoms with van der Waals surface area (Å²) >= 11 is 6.11. The van der Waals surface area contributed by atoms with E-state index in [-0.39, 0.29) is 30.2 Å². The summed E-state index contributed by atoms with van der Waals surface area (Å²) < 4.78 is 13.1.